The van der Waals surface area contributed by atoms with Crippen molar-refractivity contribution in [1.82, 2.24) is 0 Å². The summed E-state index contributed by atoms with van der Waals surface area (Å²) in [5.41, 5.74) is 0.699. The van der Waals surface area contributed by atoms with Crippen molar-refractivity contribution < 1.29 is 23.9 Å². The van der Waals surface area contributed by atoms with E-state index >= 15 is 0 Å². The van der Waals surface area contributed by atoms with E-state index in [-0.39, 0.29) is 17.5 Å². The van der Waals surface area contributed by atoms with E-state index in [2.05, 4.69) is 5.32 Å². The van der Waals surface area contributed by atoms with Gasteiger partial charge in [0.15, 0.2) is 6.61 Å². The first-order valence-electron chi connectivity index (χ1n) is 9.71. The molecule has 0 bridgehead atoms. The lowest BCUT2D eigenvalue weighted by molar-refractivity contribution is -0.122. The molecule has 1 N–H and O–H groups in total. The Hall–Kier alpha value is -3.35. The van der Waals surface area contributed by atoms with Gasteiger partial charge in [0, 0.05) is 17.4 Å². The van der Waals surface area contributed by atoms with Gasteiger partial charge >= 0.3 is 12.1 Å². The Morgan fingerprint density at radius 2 is 1.67 bits per heavy atom. The summed E-state index contributed by atoms with van der Waals surface area (Å²) >= 11 is 0. The van der Waals surface area contributed by atoms with Gasteiger partial charge in [-0.05, 0) is 65.0 Å². The number of para-hydroxylation sites is 1. The summed E-state index contributed by atoms with van der Waals surface area (Å²) < 4.78 is 10.4. The SMILES string of the molecule is CC(C)N(C(=O)COC(=O)c1cccc(NC(=O)OC(C)(C)C)c1)c1ccccc1. The van der Waals surface area contributed by atoms with E-state index in [1.165, 1.54) is 6.07 Å². The van der Waals surface area contributed by atoms with Crippen LogP contribution in [0.2, 0.25) is 0 Å². The second-order valence-corrected chi connectivity index (χ2v) is 7.98. The molecule has 0 aliphatic heterocycles. The predicted octanol–water partition coefficient (Wildman–Crippen LogP) is 4.63. The van der Waals surface area contributed by atoms with Gasteiger partial charge in [-0.15, -0.1) is 0 Å². The molecular weight excluding hydrogens is 384 g/mol. The minimum absolute atomic E-state index is 0.0973. The highest BCUT2D eigenvalue weighted by atomic mass is 16.6. The molecule has 30 heavy (non-hydrogen) atoms. The summed E-state index contributed by atoms with van der Waals surface area (Å²) in [5.74, 6) is -0.986. The van der Waals surface area contributed by atoms with Gasteiger partial charge in [-0.25, -0.2) is 9.59 Å². The van der Waals surface area contributed by atoms with Crippen molar-refractivity contribution in [2.45, 2.75) is 46.3 Å². The summed E-state index contributed by atoms with van der Waals surface area (Å²) in [6, 6.07) is 15.3. The summed E-state index contributed by atoms with van der Waals surface area (Å²) in [6.45, 7) is 8.65. The van der Waals surface area contributed by atoms with Crippen LogP contribution in [-0.2, 0) is 14.3 Å². The first-order valence-corrected chi connectivity index (χ1v) is 9.71. The number of benzene rings is 2. The number of amides is 2. The third-order valence-corrected chi connectivity index (χ3v) is 3.89. The molecule has 2 aromatic rings. The fourth-order valence-electron chi connectivity index (χ4n) is 2.74. The number of esters is 1. The number of anilines is 2. The molecule has 0 saturated heterocycles. The zero-order valence-corrected chi connectivity index (χ0v) is 18.0. The van der Waals surface area contributed by atoms with Crippen molar-refractivity contribution in [3.05, 3.63) is 60.2 Å². The number of carbonyl (C=O) groups is 3. The van der Waals surface area contributed by atoms with E-state index in [9.17, 15) is 14.4 Å². The highest BCUT2D eigenvalue weighted by Crippen LogP contribution is 2.18. The van der Waals surface area contributed by atoms with Gasteiger partial charge in [-0.3, -0.25) is 10.1 Å². The highest BCUT2D eigenvalue weighted by Gasteiger charge is 2.21. The minimum Gasteiger partial charge on any atom is -0.452 e. The Labute approximate surface area is 177 Å². The molecular formula is C23H28N2O5. The summed E-state index contributed by atoms with van der Waals surface area (Å²) in [5, 5.41) is 2.57. The zero-order valence-electron chi connectivity index (χ0n) is 18.0. The molecule has 0 fully saturated rings. The average Bonchev–Trinajstić information content (AvgIpc) is 2.65. The molecule has 0 heterocycles. The Morgan fingerprint density at radius 3 is 2.27 bits per heavy atom. The Morgan fingerprint density at radius 1 is 1.00 bits per heavy atom. The lowest BCUT2D eigenvalue weighted by atomic mass is 10.2. The van der Waals surface area contributed by atoms with Gasteiger partial charge in [0.1, 0.15) is 5.60 Å². The van der Waals surface area contributed by atoms with Crippen LogP contribution in [0.4, 0.5) is 16.2 Å². The molecule has 2 amide bonds. The third-order valence-electron chi connectivity index (χ3n) is 3.89. The molecule has 0 radical (unpaired) electrons. The largest absolute Gasteiger partial charge is 0.452 e. The van der Waals surface area contributed by atoms with Crippen LogP contribution in [-0.4, -0.2) is 36.2 Å². The average molecular weight is 412 g/mol. The van der Waals surface area contributed by atoms with E-state index < -0.39 is 24.3 Å². The zero-order chi connectivity index (χ0) is 22.3. The first-order chi connectivity index (χ1) is 14.1. The predicted molar refractivity (Wildman–Crippen MR) is 116 cm³/mol. The van der Waals surface area contributed by atoms with Crippen LogP contribution >= 0.6 is 0 Å². The first kappa shape index (κ1) is 22.9. The van der Waals surface area contributed by atoms with Crippen LogP contribution in [0, 0.1) is 0 Å². The highest BCUT2D eigenvalue weighted by molar-refractivity contribution is 5.98. The Bertz CT molecular complexity index is 888. The standard InChI is InChI=1S/C23H28N2O5/c1-16(2)25(19-12-7-6-8-13-19)20(26)15-29-21(27)17-10-9-11-18(14-17)24-22(28)30-23(3,4)5/h6-14,16H,15H2,1-5H3,(H,24,28). The maximum Gasteiger partial charge on any atom is 0.412 e. The second kappa shape index (κ2) is 9.91. The fraction of sp³-hybridized carbons (Fsp3) is 0.348. The molecule has 2 aromatic carbocycles. The molecule has 160 valence electrons. The van der Waals surface area contributed by atoms with Gasteiger partial charge in [0.05, 0.1) is 5.56 Å². The summed E-state index contributed by atoms with van der Waals surface area (Å²) in [6.07, 6.45) is -0.626. The van der Waals surface area contributed by atoms with Gasteiger partial charge in [0.25, 0.3) is 5.91 Å². The van der Waals surface area contributed by atoms with Crippen molar-refractivity contribution in [2.75, 3.05) is 16.8 Å². The monoisotopic (exact) mass is 412 g/mol. The Kier molecular flexibility index (Phi) is 7.58. The molecule has 7 nitrogen and oxygen atoms in total. The minimum atomic E-state index is -0.659. The van der Waals surface area contributed by atoms with Gasteiger partial charge in [-0.2, -0.15) is 0 Å². The lowest BCUT2D eigenvalue weighted by Gasteiger charge is -2.26. The van der Waals surface area contributed by atoms with E-state index in [4.69, 9.17) is 9.47 Å². The number of hydrogen-bond donors (Lipinski definition) is 1. The second-order valence-electron chi connectivity index (χ2n) is 7.98. The number of rotatable bonds is 6. The summed E-state index contributed by atoms with van der Waals surface area (Å²) in [4.78, 5) is 38.5. The van der Waals surface area contributed by atoms with Crippen LogP contribution in [0.1, 0.15) is 45.0 Å². The van der Waals surface area contributed by atoms with E-state index in [0.29, 0.717) is 5.69 Å². The maximum atomic E-state index is 12.6. The number of nitrogens with one attached hydrogen (secondary N) is 1. The van der Waals surface area contributed by atoms with Crippen molar-refractivity contribution in [1.29, 1.82) is 0 Å². The Balaban J connectivity index is 2.00. The third kappa shape index (κ3) is 6.92. The van der Waals surface area contributed by atoms with Crippen LogP contribution in [0.25, 0.3) is 0 Å². The van der Waals surface area contributed by atoms with E-state index in [0.717, 1.165) is 5.69 Å². The van der Waals surface area contributed by atoms with Crippen molar-refractivity contribution in [3.63, 3.8) is 0 Å². The topological polar surface area (TPSA) is 84.9 Å². The van der Waals surface area contributed by atoms with E-state index in [1.54, 1.807) is 43.9 Å². The molecule has 0 aliphatic carbocycles. The van der Waals surface area contributed by atoms with Crippen molar-refractivity contribution in [2.24, 2.45) is 0 Å². The smallest absolute Gasteiger partial charge is 0.412 e. The van der Waals surface area contributed by atoms with Crippen LogP contribution in [0.15, 0.2) is 54.6 Å². The molecule has 0 unspecified atom stereocenters. The van der Waals surface area contributed by atoms with Crippen LogP contribution < -0.4 is 10.2 Å². The van der Waals surface area contributed by atoms with Crippen molar-refractivity contribution >= 4 is 29.3 Å². The molecule has 0 spiro atoms. The van der Waals surface area contributed by atoms with Crippen LogP contribution in [0.3, 0.4) is 0 Å². The number of nitrogens with zero attached hydrogens (tertiary/aromatic N) is 1. The molecule has 7 heteroatoms. The normalized spacial score (nSPS) is 11.0. The molecule has 2 rings (SSSR count). The number of hydrogen-bond acceptors (Lipinski definition) is 5. The number of carbonyl (C=O) groups excluding carboxylic acids is 3. The quantitative estimate of drug-likeness (QED) is 0.699. The van der Waals surface area contributed by atoms with E-state index in [1.807, 2.05) is 44.2 Å². The van der Waals surface area contributed by atoms with Gasteiger partial charge in [0.2, 0.25) is 0 Å². The number of ether oxygens (including phenoxy) is 2. The summed E-state index contributed by atoms with van der Waals surface area (Å²) in [7, 11) is 0. The van der Waals surface area contributed by atoms with Crippen molar-refractivity contribution in [3.8, 4) is 0 Å². The molecule has 0 aromatic heterocycles. The fourth-order valence-corrected chi connectivity index (χ4v) is 2.74. The van der Waals surface area contributed by atoms with Gasteiger partial charge in [-0.1, -0.05) is 24.3 Å². The molecule has 0 atom stereocenters. The lowest BCUT2D eigenvalue weighted by Crippen LogP contribution is -2.39. The molecule has 0 aliphatic rings. The molecule has 0 saturated carbocycles. The maximum absolute atomic E-state index is 12.6. The van der Waals surface area contributed by atoms with Crippen LogP contribution in [0.5, 0.6) is 0 Å². The van der Waals surface area contributed by atoms with Gasteiger partial charge < -0.3 is 14.4 Å².